The maximum absolute atomic E-state index is 14.5. The van der Waals surface area contributed by atoms with Crippen LogP contribution in [0.1, 0.15) is 21.5 Å². The van der Waals surface area contributed by atoms with Crippen LogP contribution in [-0.2, 0) is 5.92 Å². The van der Waals surface area contributed by atoms with Gasteiger partial charge in [-0.15, -0.1) is 0 Å². The number of hydrogen-bond donors (Lipinski definition) is 0. The minimum absolute atomic E-state index is 0.107. The van der Waals surface area contributed by atoms with E-state index < -0.39 is 5.92 Å². The number of Topliss-reactive ketones (excluding diaryl/α,β-unsaturated/α-hetero) is 1. The van der Waals surface area contributed by atoms with Crippen molar-refractivity contribution >= 4 is 33.3 Å². The maximum Gasteiger partial charge on any atom is 0.299 e. The number of benzene rings is 2. The Morgan fingerprint density at radius 1 is 1.10 bits per heavy atom. The van der Waals surface area contributed by atoms with E-state index in [9.17, 15) is 13.6 Å². The molecule has 0 amide bonds. The van der Waals surface area contributed by atoms with E-state index >= 15 is 0 Å². The number of ketones is 1. The van der Waals surface area contributed by atoms with Crippen molar-refractivity contribution in [1.29, 1.82) is 0 Å². The van der Waals surface area contributed by atoms with E-state index in [2.05, 4.69) is 15.9 Å². The summed E-state index contributed by atoms with van der Waals surface area (Å²) in [6, 6.07) is 8.86. The second-order valence-corrected chi connectivity index (χ2v) is 5.58. The second-order valence-electron chi connectivity index (χ2n) is 4.58. The van der Waals surface area contributed by atoms with Gasteiger partial charge < -0.3 is 0 Å². The van der Waals surface area contributed by atoms with E-state index in [1.54, 1.807) is 24.3 Å². The van der Waals surface area contributed by atoms with Crippen LogP contribution in [0.25, 0.3) is 11.1 Å². The van der Waals surface area contributed by atoms with Crippen molar-refractivity contribution in [2.45, 2.75) is 5.92 Å². The van der Waals surface area contributed by atoms with Crippen molar-refractivity contribution < 1.29 is 13.6 Å². The summed E-state index contributed by atoms with van der Waals surface area (Å²) in [5.41, 5.74) is 0.948. The molecule has 0 heterocycles. The first kappa shape index (κ1) is 13.7. The standard InChI is InChI=1S/C15H8BrClF2O/c16-7-14(20)8-1-3-10-11-4-2-9(17)6-13(11)15(18,19)12(10)5-8/h1-6H,7H2. The normalized spacial score (nSPS) is 14.8. The minimum atomic E-state index is -3.13. The zero-order chi connectivity index (χ0) is 14.5. The fourth-order valence-electron chi connectivity index (χ4n) is 2.45. The highest BCUT2D eigenvalue weighted by molar-refractivity contribution is 9.09. The van der Waals surface area contributed by atoms with Crippen LogP contribution in [0.3, 0.4) is 0 Å². The first-order valence-electron chi connectivity index (χ1n) is 5.87. The summed E-state index contributed by atoms with van der Waals surface area (Å²) in [4.78, 5) is 11.6. The highest BCUT2D eigenvalue weighted by Gasteiger charge is 2.44. The Labute approximate surface area is 127 Å². The van der Waals surface area contributed by atoms with Crippen LogP contribution in [-0.4, -0.2) is 11.1 Å². The van der Waals surface area contributed by atoms with Crippen LogP contribution in [0.4, 0.5) is 8.78 Å². The molecule has 0 aromatic heterocycles. The Hall–Kier alpha value is -1.26. The highest BCUT2D eigenvalue weighted by Crippen LogP contribution is 2.51. The fourth-order valence-corrected chi connectivity index (χ4v) is 2.94. The van der Waals surface area contributed by atoms with Gasteiger partial charge in [0, 0.05) is 21.7 Å². The van der Waals surface area contributed by atoms with Crippen molar-refractivity contribution in [3.63, 3.8) is 0 Å². The molecule has 0 radical (unpaired) electrons. The summed E-state index contributed by atoms with van der Waals surface area (Å²) in [6.45, 7) is 0. The molecule has 2 aromatic carbocycles. The number of carbonyl (C=O) groups excluding carboxylic acids is 1. The molecule has 0 saturated heterocycles. The average molecular weight is 358 g/mol. The largest absolute Gasteiger partial charge is 0.299 e. The summed E-state index contributed by atoms with van der Waals surface area (Å²) in [5, 5.41) is 0.379. The number of alkyl halides is 3. The molecule has 0 saturated carbocycles. The van der Waals surface area contributed by atoms with Gasteiger partial charge in [-0.2, -0.15) is 8.78 Å². The number of fused-ring (bicyclic) bond motifs is 3. The molecule has 5 heteroatoms. The minimum Gasteiger partial charge on any atom is -0.293 e. The van der Waals surface area contributed by atoms with E-state index in [0.717, 1.165) is 0 Å². The van der Waals surface area contributed by atoms with E-state index in [-0.39, 0.29) is 32.8 Å². The molecule has 3 rings (SSSR count). The lowest BCUT2D eigenvalue weighted by molar-refractivity contribution is 0.0479. The molecule has 0 spiro atoms. The maximum atomic E-state index is 14.5. The zero-order valence-electron chi connectivity index (χ0n) is 10.1. The molecule has 1 aliphatic rings. The van der Waals surface area contributed by atoms with Crippen LogP contribution in [0.15, 0.2) is 36.4 Å². The predicted molar refractivity (Wildman–Crippen MR) is 78.0 cm³/mol. The van der Waals surface area contributed by atoms with Gasteiger partial charge in [-0.25, -0.2) is 0 Å². The Morgan fingerprint density at radius 2 is 1.70 bits per heavy atom. The summed E-state index contributed by atoms with van der Waals surface area (Å²) < 4.78 is 29.0. The van der Waals surface area contributed by atoms with Gasteiger partial charge in [-0.1, -0.05) is 45.7 Å². The van der Waals surface area contributed by atoms with E-state index in [1.165, 1.54) is 12.1 Å². The monoisotopic (exact) mass is 356 g/mol. The lowest BCUT2D eigenvalue weighted by Gasteiger charge is -2.12. The van der Waals surface area contributed by atoms with Gasteiger partial charge in [-0.05, 0) is 29.3 Å². The predicted octanol–water partition coefficient (Wildman–Crippen LogP) is 5.04. The van der Waals surface area contributed by atoms with Crippen molar-refractivity contribution in [2.75, 3.05) is 5.33 Å². The summed E-state index contributed by atoms with van der Waals surface area (Å²) in [5.74, 6) is -3.35. The molecule has 20 heavy (non-hydrogen) atoms. The lowest BCUT2D eigenvalue weighted by atomic mass is 10.0. The number of hydrogen-bond acceptors (Lipinski definition) is 1. The van der Waals surface area contributed by atoms with E-state index in [0.29, 0.717) is 11.1 Å². The first-order chi connectivity index (χ1) is 9.45. The number of carbonyl (C=O) groups is 1. The molecule has 0 unspecified atom stereocenters. The number of rotatable bonds is 2. The van der Waals surface area contributed by atoms with Crippen molar-refractivity contribution in [2.24, 2.45) is 0 Å². The SMILES string of the molecule is O=C(CBr)c1ccc2c(c1)C(F)(F)c1cc(Cl)ccc1-2. The van der Waals surface area contributed by atoms with Crippen LogP contribution in [0.5, 0.6) is 0 Å². The van der Waals surface area contributed by atoms with Gasteiger partial charge in [0.2, 0.25) is 0 Å². The summed E-state index contributed by atoms with van der Waals surface area (Å²) >= 11 is 8.85. The summed E-state index contributed by atoms with van der Waals surface area (Å²) in [7, 11) is 0. The topological polar surface area (TPSA) is 17.1 Å². The molecule has 2 aromatic rings. The van der Waals surface area contributed by atoms with Gasteiger partial charge in [0.05, 0.1) is 5.33 Å². The van der Waals surface area contributed by atoms with Crippen LogP contribution in [0, 0.1) is 0 Å². The molecular weight excluding hydrogens is 350 g/mol. The highest BCUT2D eigenvalue weighted by atomic mass is 79.9. The fraction of sp³-hybridized carbons (Fsp3) is 0.133. The van der Waals surface area contributed by atoms with Gasteiger partial charge in [0.15, 0.2) is 5.78 Å². The van der Waals surface area contributed by atoms with Gasteiger partial charge in [-0.3, -0.25) is 4.79 Å². The average Bonchev–Trinajstić information content (AvgIpc) is 2.66. The third-order valence-electron chi connectivity index (χ3n) is 3.41. The third-order valence-corrected chi connectivity index (χ3v) is 4.16. The lowest BCUT2D eigenvalue weighted by Crippen LogP contribution is -2.12. The molecule has 0 bridgehead atoms. The number of halogens is 4. The molecule has 1 aliphatic carbocycles. The molecule has 0 atom stereocenters. The van der Waals surface area contributed by atoms with Crippen molar-refractivity contribution in [1.82, 2.24) is 0 Å². The van der Waals surface area contributed by atoms with Crippen LogP contribution in [0.2, 0.25) is 5.02 Å². The van der Waals surface area contributed by atoms with E-state index in [4.69, 9.17) is 11.6 Å². The van der Waals surface area contributed by atoms with Crippen LogP contribution >= 0.6 is 27.5 Å². The quantitative estimate of drug-likeness (QED) is 0.544. The molecule has 102 valence electrons. The summed E-state index contributed by atoms with van der Waals surface area (Å²) in [6.07, 6.45) is 0. The van der Waals surface area contributed by atoms with Gasteiger partial charge in [0.1, 0.15) is 0 Å². The van der Waals surface area contributed by atoms with Gasteiger partial charge in [0.25, 0.3) is 5.92 Å². The molecular formula is C15H8BrClF2O. The van der Waals surface area contributed by atoms with Crippen molar-refractivity contribution in [3.8, 4) is 11.1 Å². The van der Waals surface area contributed by atoms with E-state index in [1.807, 2.05) is 0 Å². The van der Waals surface area contributed by atoms with Crippen molar-refractivity contribution in [3.05, 3.63) is 58.1 Å². The van der Waals surface area contributed by atoms with Crippen LogP contribution < -0.4 is 0 Å². The Kier molecular flexibility index (Phi) is 3.18. The molecule has 0 fully saturated rings. The Bertz CT molecular complexity index is 728. The Balaban J connectivity index is 2.24. The molecule has 0 aliphatic heterocycles. The van der Waals surface area contributed by atoms with Gasteiger partial charge >= 0.3 is 0 Å². The third kappa shape index (κ3) is 1.90. The smallest absolute Gasteiger partial charge is 0.293 e. The zero-order valence-corrected chi connectivity index (χ0v) is 12.4. The first-order valence-corrected chi connectivity index (χ1v) is 7.37. The molecule has 1 nitrogen and oxygen atoms in total. The molecule has 0 N–H and O–H groups in total. The second kappa shape index (κ2) is 4.64. The Morgan fingerprint density at radius 3 is 2.35 bits per heavy atom.